The van der Waals surface area contributed by atoms with Crippen molar-refractivity contribution in [1.29, 1.82) is 0 Å². The minimum absolute atomic E-state index is 0.0208. The fraction of sp³-hybridized carbons (Fsp3) is 0.400. The fourth-order valence-corrected chi connectivity index (χ4v) is 0.581. The van der Waals surface area contributed by atoms with Crippen LogP contribution in [0.5, 0.6) is 0 Å². The van der Waals surface area contributed by atoms with Crippen molar-refractivity contribution in [2.75, 3.05) is 5.88 Å². The van der Waals surface area contributed by atoms with Gasteiger partial charge < -0.3 is 4.42 Å². The van der Waals surface area contributed by atoms with Gasteiger partial charge in [0.25, 0.3) is 5.89 Å². The van der Waals surface area contributed by atoms with E-state index in [-0.39, 0.29) is 17.6 Å². The van der Waals surface area contributed by atoms with Crippen LogP contribution in [-0.4, -0.2) is 21.9 Å². The molecular formula is C5H5ClN2O2. The van der Waals surface area contributed by atoms with Gasteiger partial charge in [0.15, 0.2) is 0 Å². The van der Waals surface area contributed by atoms with Crippen LogP contribution in [0.3, 0.4) is 0 Å². The topological polar surface area (TPSA) is 56.0 Å². The molecular weight excluding hydrogens is 156 g/mol. The summed E-state index contributed by atoms with van der Waals surface area (Å²) in [5.74, 6) is -0.120. The number of carbonyl (C=O) groups is 1. The van der Waals surface area contributed by atoms with Gasteiger partial charge in [-0.15, -0.1) is 21.8 Å². The van der Waals surface area contributed by atoms with E-state index in [9.17, 15) is 4.79 Å². The van der Waals surface area contributed by atoms with Gasteiger partial charge in [-0.05, 0) is 0 Å². The Morgan fingerprint density at radius 3 is 2.80 bits per heavy atom. The van der Waals surface area contributed by atoms with Gasteiger partial charge >= 0.3 is 0 Å². The first-order chi connectivity index (χ1) is 4.74. The Kier molecular flexibility index (Phi) is 2.01. The fourth-order valence-electron chi connectivity index (χ4n) is 0.466. The number of Topliss-reactive ketones (excluding diaryl/α,β-unsaturated/α-hetero) is 1. The van der Waals surface area contributed by atoms with Crippen LogP contribution >= 0.6 is 11.6 Å². The molecule has 0 aromatic carbocycles. The molecule has 0 radical (unpaired) electrons. The van der Waals surface area contributed by atoms with Crippen molar-refractivity contribution < 1.29 is 9.21 Å². The molecule has 0 aliphatic carbocycles. The van der Waals surface area contributed by atoms with Gasteiger partial charge in [-0.2, -0.15) is 0 Å². The maximum absolute atomic E-state index is 10.7. The first-order valence-electron chi connectivity index (χ1n) is 2.63. The second-order valence-electron chi connectivity index (χ2n) is 1.68. The number of aromatic nitrogens is 2. The number of hydrogen-bond acceptors (Lipinski definition) is 4. The van der Waals surface area contributed by atoms with Crippen molar-refractivity contribution in [3.63, 3.8) is 0 Å². The lowest BCUT2D eigenvalue weighted by atomic mass is 10.5. The van der Waals surface area contributed by atoms with E-state index in [1.54, 1.807) is 6.92 Å². The maximum Gasteiger partial charge on any atom is 0.285 e. The van der Waals surface area contributed by atoms with Crippen molar-refractivity contribution >= 4 is 17.4 Å². The van der Waals surface area contributed by atoms with E-state index in [2.05, 4.69) is 10.2 Å². The highest BCUT2D eigenvalue weighted by molar-refractivity contribution is 6.29. The first-order valence-corrected chi connectivity index (χ1v) is 3.16. The molecule has 0 bridgehead atoms. The average Bonchev–Trinajstić information content (AvgIpc) is 2.34. The number of alkyl halides is 1. The number of aryl methyl sites for hydroxylation is 1. The highest BCUT2D eigenvalue weighted by Crippen LogP contribution is 1.99. The Labute approximate surface area is 62.2 Å². The van der Waals surface area contributed by atoms with Crippen LogP contribution in [-0.2, 0) is 0 Å². The SMILES string of the molecule is Cc1nnc(C(=O)CCl)o1. The third-order valence-corrected chi connectivity index (χ3v) is 1.13. The molecule has 0 amide bonds. The van der Waals surface area contributed by atoms with Crippen LogP contribution in [0.4, 0.5) is 0 Å². The van der Waals surface area contributed by atoms with Crippen molar-refractivity contribution in [3.05, 3.63) is 11.8 Å². The zero-order valence-electron chi connectivity index (χ0n) is 5.30. The van der Waals surface area contributed by atoms with Crippen LogP contribution in [0.2, 0.25) is 0 Å². The van der Waals surface area contributed by atoms with Crippen molar-refractivity contribution in [2.45, 2.75) is 6.92 Å². The van der Waals surface area contributed by atoms with E-state index in [4.69, 9.17) is 16.0 Å². The predicted molar refractivity (Wildman–Crippen MR) is 34.1 cm³/mol. The van der Waals surface area contributed by atoms with Crippen molar-refractivity contribution in [2.24, 2.45) is 0 Å². The van der Waals surface area contributed by atoms with E-state index in [0.717, 1.165) is 0 Å². The molecule has 5 heteroatoms. The minimum atomic E-state index is -0.345. The molecule has 54 valence electrons. The lowest BCUT2D eigenvalue weighted by Crippen LogP contribution is -1.99. The summed E-state index contributed by atoms with van der Waals surface area (Å²) in [7, 11) is 0. The molecule has 4 nitrogen and oxygen atoms in total. The summed E-state index contributed by atoms with van der Waals surface area (Å²) in [4.78, 5) is 10.7. The zero-order valence-corrected chi connectivity index (χ0v) is 6.05. The van der Waals surface area contributed by atoms with Crippen LogP contribution in [0, 0.1) is 6.92 Å². The minimum Gasteiger partial charge on any atom is -0.419 e. The largest absolute Gasteiger partial charge is 0.419 e. The normalized spacial score (nSPS) is 9.80. The lowest BCUT2D eigenvalue weighted by Gasteiger charge is -1.82. The standard InChI is InChI=1S/C5H5ClN2O2/c1-3-7-8-5(10-3)4(9)2-6/h2H2,1H3. The summed E-state index contributed by atoms with van der Waals surface area (Å²) in [6, 6.07) is 0. The Morgan fingerprint density at radius 1 is 1.70 bits per heavy atom. The Bertz CT molecular complexity index is 246. The van der Waals surface area contributed by atoms with E-state index in [1.165, 1.54) is 0 Å². The first kappa shape index (κ1) is 7.21. The number of carbonyl (C=O) groups excluding carboxylic acids is 1. The van der Waals surface area contributed by atoms with Gasteiger partial charge in [-0.1, -0.05) is 0 Å². The molecule has 10 heavy (non-hydrogen) atoms. The van der Waals surface area contributed by atoms with Gasteiger partial charge in [0.1, 0.15) is 0 Å². The van der Waals surface area contributed by atoms with E-state index >= 15 is 0 Å². The number of halogens is 1. The average molecular weight is 161 g/mol. The second kappa shape index (κ2) is 2.79. The lowest BCUT2D eigenvalue weighted by molar-refractivity contribution is 0.0983. The molecule has 0 fully saturated rings. The summed E-state index contributed by atoms with van der Waals surface area (Å²) in [5.41, 5.74) is 0. The van der Waals surface area contributed by atoms with Crippen molar-refractivity contribution in [3.8, 4) is 0 Å². The highest BCUT2D eigenvalue weighted by atomic mass is 35.5. The van der Waals surface area contributed by atoms with Crippen LogP contribution in [0.15, 0.2) is 4.42 Å². The summed E-state index contributed by atoms with van der Waals surface area (Å²) in [5, 5.41) is 6.93. The molecule has 1 aromatic rings. The van der Waals surface area contributed by atoms with Gasteiger partial charge in [-0.3, -0.25) is 4.79 Å². The van der Waals surface area contributed by atoms with Gasteiger partial charge in [0.2, 0.25) is 11.7 Å². The number of nitrogens with zero attached hydrogens (tertiary/aromatic N) is 2. The van der Waals surface area contributed by atoms with Crippen LogP contribution < -0.4 is 0 Å². The molecule has 1 heterocycles. The molecule has 0 saturated heterocycles. The molecule has 0 unspecified atom stereocenters. The summed E-state index contributed by atoms with van der Waals surface area (Å²) in [6.07, 6.45) is 0. The second-order valence-corrected chi connectivity index (χ2v) is 1.95. The summed E-state index contributed by atoms with van der Waals surface area (Å²) in [6.45, 7) is 1.61. The number of hydrogen-bond donors (Lipinski definition) is 0. The Morgan fingerprint density at radius 2 is 2.40 bits per heavy atom. The number of rotatable bonds is 2. The third-order valence-electron chi connectivity index (χ3n) is 0.886. The third kappa shape index (κ3) is 1.33. The molecule has 0 N–H and O–H groups in total. The molecule has 0 atom stereocenters. The molecule has 1 aromatic heterocycles. The van der Waals surface area contributed by atoms with E-state index < -0.39 is 0 Å². The van der Waals surface area contributed by atoms with Gasteiger partial charge in [0.05, 0.1) is 5.88 Å². The van der Waals surface area contributed by atoms with Crippen LogP contribution in [0.25, 0.3) is 0 Å². The van der Waals surface area contributed by atoms with Gasteiger partial charge in [-0.25, -0.2) is 0 Å². The smallest absolute Gasteiger partial charge is 0.285 e. The molecule has 0 aliphatic rings. The monoisotopic (exact) mass is 160 g/mol. The maximum atomic E-state index is 10.7. The summed E-state index contributed by atoms with van der Waals surface area (Å²) >= 11 is 5.22. The molecule has 0 spiro atoms. The Balaban J connectivity index is 2.85. The predicted octanol–water partition coefficient (Wildman–Crippen LogP) is 0.800. The van der Waals surface area contributed by atoms with Crippen LogP contribution in [0.1, 0.15) is 16.6 Å². The summed E-state index contributed by atoms with van der Waals surface area (Å²) < 4.78 is 4.78. The zero-order chi connectivity index (χ0) is 7.56. The Hall–Kier alpha value is -0.900. The molecule has 0 saturated carbocycles. The highest BCUT2D eigenvalue weighted by Gasteiger charge is 2.10. The van der Waals surface area contributed by atoms with E-state index in [1.807, 2.05) is 0 Å². The molecule has 1 rings (SSSR count). The van der Waals surface area contributed by atoms with E-state index in [0.29, 0.717) is 5.89 Å². The van der Waals surface area contributed by atoms with Gasteiger partial charge in [0, 0.05) is 6.92 Å². The van der Waals surface area contributed by atoms with Crippen molar-refractivity contribution in [1.82, 2.24) is 10.2 Å². The number of ketones is 1. The quantitative estimate of drug-likeness (QED) is 0.474. The molecule has 0 aliphatic heterocycles.